The Balaban J connectivity index is 1.61. The molecule has 1 heterocycles. The number of carbonyl (C=O) groups is 1. The highest BCUT2D eigenvalue weighted by atomic mass is 79.9. The van der Waals surface area contributed by atoms with E-state index in [1.807, 2.05) is 24.3 Å². The number of ether oxygens (including phenoxy) is 1. The summed E-state index contributed by atoms with van der Waals surface area (Å²) >= 11 is 3.27. The minimum atomic E-state index is -0.428. The maximum atomic E-state index is 13.2. The predicted molar refractivity (Wildman–Crippen MR) is 85.6 cm³/mol. The lowest BCUT2D eigenvalue weighted by atomic mass is 9.96. The zero-order chi connectivity index (χ0) is 15.5. The summed E-state index contributed by atoms with van der Waals surface area (Å²) in [6.07, 6.45) is 0.862. The maximum absolute atomic E-state index is 13.2. The monoisotopic (exact) mass is 363 g/mol. The zero-order valence-electron chi connectivity index (χ0n) is 11.8. The molecule has 114 valence electrons. The average molecular weight is 364 g/mol. The highest BCUT2D eigenvalue weighted by molar-refractivity contribution is 9.10. The Hall–Kier alpha value is -1.88. The number of rotatable bonds is 3. The van der Waals surface area contributed by atoms with Gasteiger partial charge in [-0.25, -0.2) is 4.39 Å². The molecule has 0 aliphatic carbocycles. The third-order valence-corrected chi connectivity index (χ3v) is 4.37. The van der Waals surface area contributed by atoms with Crippen molar-refractivity contribution in [3.05, 3.63) is 63.9 Å². The lowest BCUT2D eigenvalue weighted by Gasteiger charge is -2.25. The third-order valence-electron chi connectivity index (χ3n) is 3.68. The van der Waals surface area contributed by atoms with Crippen molar-refractivity contribution in [3.8, 4) is 5.75 Å². The van der Waals surface area contributed by atoms with Crippen molar-refractivity contribution in [3.63, 3.8) is 0 Å². The molecule has 3 nitrogen and oxygen atoms in total. The van der Waals surface area contributed by atoms with Crippen LogP contribution in [-0.4, -0.2) is 19.1 Å². The molecule has 22 heavy (non-hydrogen) atoms. The molecule has 1 aliphatic heterocycles. The average Bonchev–Trinajstić information content (AvgIpc) is 2.54. The van der Waals surface area contributed by atoms with Gasteiger partial charge in [-0.05, 0) is 52.2 Å². The molecule has 1 N–H and O–H groups in total. The molecule has 5 heteroatoms. The molecule has 3 rings (SSSR count). The van der Waals surface area contributed by atoms with Gasteiger partial charge in [-0.15, -0.1) is 0 Å². The molecule has 0 saturated carbocycles. The molecule has 0 aromatic heterocycles. The van der Waals surface area contributed by atoms with Crippen molar-refractivity contribution >= 4 is 21.8 Å². The summed E-state index contributed by atoms with van der Waals surface area (Å²) in [4.78, 5) is 12.2. The van der Waals surface area contributed by atoms with Crippen molar-refractivity contribution in [2.45, 2.75) is 6.42 Å². The Morgan fingerprint density at radius 2 is 2.14 bits per heavy atom. The standard InChI is InChI=1S/C17H15BrFNO2/c18-15-6-5-13(19)8-14(15)17(21)20-9-11-7-12-3-1-2-4-16(12)22-10-11/h1-6,8,11H,7,9-10H2,(H,20,21). The molecule has 2 aromatic carbocycles. The normalized spacial score (nSPS) is 16.5. The van der Waals surface area contributed by atoms with Crippen LogP contribution in [0.4, 0.5) is 4.39 Å². The lowest BCUT2D eigenvalue weighted by Crippen LogP contribution is -2.35. The summed E-state index contributed by atoms with van der Waals surface area (Å²) in [5.74, 6) is 0.414. The SMILES string of the molecule is O=C(NCC1COc2ccccc2C1)c1cc(F)ccc1Br. The molecule has 1 aliphatic rings. The number of amides is 1. The van der Waals surface area contributed by atoms with E-state index >= 15 is 0 Å². The number of fused-ring (bicyclic) bond motifs is 1. The van der Waals surface area contributed by atoms with Gasteiger partial charge >= 0.3 is 0 Å². The van der Waals surface area contributed by atoms with Gasteiger partial charge < -0.3 is 10.1 Å². The van der Waals surface area contributed by atoms with Gasteiger partial charge in [0.05, 0.1) is 12.2 Å². The molecule has 0 bridgehead atoms. The van der Waals surface area contributed by atoms with E-state index in [9.17, 15) is 9.18 Å². The number of benzene rings is 2. The van der Waals surface area contributed by atoms with E-state index < -0.39 is 5.82 Å². The number of para-hydroxylation sites is 1. The van der Waals surface area contributed by atoms with Gasteiger partial charge in [0.15, 0.2) is 0 Å². The number of hydrogen-bond acceptors (Lipinski definition) is 2. The van der Waals surface area contributed by atoms with Crippen LogP contribution in [0.25, 0.3) is 0 Å². The number of halogens is 2. The Labute approximate surface area is 136 Å². The summed E-state index contributed by atoms with van der Waals surface area (Å²) in [6, 6.07) is 12.0. The fourth-order valence-corrected chi connectivity index (χ4v) is 2.95. The second-order valence-electron chi connectivity index (χ2n) is 5.32. The van der Waals surface area contributed by atoms with Crippen LogP contribution in [0.5, 0.6) is 5.75 Å². The van der Waals surface area contributed by atoms with Crippen LogP contribution in [0.1, 0.15) is 15.9 Å². The molecule has 0 fully saturated rings. The summed E-state index contributed by atoms with van der Waals surface area (Å²) in [5.41, 5.74) is 1.46. The van der Waals surface area contributed by atoms with Gasteiger partial charge in [0.1, 0.15) is 11.6 Å². The van der Waals surface area contributed by atoms with Crippen molar-refractivity contribution in [2.24, 2.45) is 5.92 Å². The van der Waals surface area contributed by atoms with Gasteiger partial charge in [-0.2, -0.15) is 0 Å². The number of hydrogen-bond donors (Lipinski definition) is 1. The summed E-state index contributed by atoms with van der Waals surface area (Å²) in [7, 11) is 0. The molecular formula is C17H15BrFNO2. The quantitative estimate of drug-likeness (QED) is 0.905. The van der Waals surface area contributed by atoms with E-state index in [2.05, 4.69) is 21.2 Å². The third kappa shape index (κ3) is 3.30. The minimum Gasteiger partial charge on any atom is -0.493 e. The molecule has 1 amide bonds. The topological polar surface area (TPSA) is 38.3 Å². The van der Waals surface area contributed by atoms with E-state index in [-0.39, 0.29) is 11.8 Å². The van der Waals surface area contributed by atoms with Crippen LogP contribution in [0.15, 0.2) is 46.9 Å². The van der Waals surface area contributed by atoms with Crippen LogP contribution in [0.2, 0.25) is 0 Å². The first kappa shape index (κ1) is 15.0. The second kappa shape index (κ2) is 6.48. The molecule has 0 radical (unpaired) electrons. The number of nitrogens with one attached hydrogen (secondary N) is 1. The van der Waals surface area contributed by atoms with Crippen molar-refractivity contribution in [2.75, 3.05) is 13.2 Å². The molecule has 2 aromatic rings. The minimum absolute atomic E-state index is 0.214. The van der Waals surface area contributed by atoms with Crippen LogP contribution >= 0.6 is 15.9 Å². The summed E-state index contributed by atoms with van der Waals surface area (Å²) in [5, 5.41) is 2.85. The van der Waals surface area contributed by atoms with E-state index in [1.165, 1.54) is 18.2 Å². The highest BCUT2D eigenvalue weighted by Crippen LogP contribution is 2.26. The largest absolute Gasteiger partial charge is 0.493 e. The Morgan fingerprint density at radius 1 is 1.32 bits per heavy atom. The van der Waals surface area contributed by atoms with Gasteiger partial charge in [-0.1, -0.05) is 18.2 Å². The number of carbonyl (C=O) groups excluding carboxylic acids is 1. The Kier molecular flexibility index (Phi) is 4.43. The van der Waals surface area contributed by atoms with Gasteiger partial charge in [0.2, 0.25) is 0 Å². The van der Waals surface area contributed by atoms with Crippen LogP contribution in [0, 0.1) is 11.7 Å². The lowest BCUT2D eigenvalue weighted by molar-refractivity contribution is 0.0938. The van der Waals surface area contributed by atoms with Crippen LogP contribution in [0.3, 0.4) is 0 Å². The second-order valence-corrected chi connectivity index (χ2v) is 6.18. The van der Waals surface area contributed by atoms with Crippen LogP contribution < -0.4 is 10.1 Å². The Bertz CT molecular complexity index is 705. The highest BCUT2D eigenvalue weighted by Gasteiger charge is 2.20. The van der Waals surface area contributed by atoms with E-state index in [4.69, 9.17) is 4.74 Å². The maximum Gasteiger partial charge on any atom is 0.252 e. The van der Waals surface area contributed by atoms with Gasteiger partial charge in [0.25, 0.3) is 5.91 Å². The van der Waals surface area contributed by atoms with Gasteiger partial charge in [0, 0.05) is 16.9 Å². The Morgan fingerprint density at radius 3 is 3.00 bits per heavy atom. The van der Waals surface area contributed by atoms with E-state index in [0.29, 0.717) is 23.2 Å². The zero-order valence-corrected chi connectivity index (χ0v) is 13.4. The van der Waals surface area contributed by atoms with Crippen molar-refractivity contribution < 1.29 is 13.9 Å². The molecular weight excluding hydrogens is 349 g/mol. The first-order chi connectivity index (χ1) is 10.6. The van der Waals surface area contributed by atoms with Crippen molar-refractivity contribution in [1.82, 2.24) is 5.32 Å². The van der Waals surface area contributed by atoms with Crippen LogP contribution in [-0.2, 0) is 6.42 Å². The van der Waals surface area contributed by atoms with E-state index in [0.717, 1.165) is 17.7 Å². The van der Waals surface area contributed by atoms with Crippen molar-refractivity contribution in [1.29, 1.82) is 0 Å². The fraction of sp³-hybridized carbons (Fsp3) is 0.235. The smallest absolute Gasteiger partial charge is 0.252 e. The first-order valence-electron chi connectivity index (χ1n) is 7.07. The molecule has 0 saturated heterocycles. The molecule has 0 spiro atoms. The summed E-state index contributed by atoms with van der Waals surface area (Å²) in [6.45, 7) is 1.07. The molecule has 1 unspecified atom stereocenters. The fourth-order valence-electron chi connectivity index (χ4n) is 2.53. The van der Waals surface area contributed by atoms with Gasteiger partial charge in [-0.3, -0.25) is 4.79 Å². The first-order valence-corrected chi connectivity index (χ1v) is 7.87. The predicted octanol–water partition coefficient (Wildman–Crippen LogP) is 3.57. The molecule has 1 atom stereocenters. The van der Waals surface area contributed by atoms with E-state index in [1.54, 1.807) is 0 Å². The summed E-state index contributed by atoms with van der Waals surface area (Å²) < 4.78 is 19.5.